The smallest absolute Gasteiger partial charge is 0.311 e. The molecule has 0 amide bonds. The molecule has 2 rings (SSSR count). The Kier molecular flexibility index (Phi) is 6.58. The number of ether oxygens (including phenoxy) is 2. The third-order valence-electron chi connectivity index (χ3n) is 2.89. The SMILES string of the molecule is O=C(CCCC(=O)Oc1ccccc1F)Oc1cc(Cl)cc(Cl)c1. The lowest BCUT2D eigenvalue weighted by molar-refractivity contribution is -0.136. The van der Waals surface area contributed by atoms with E-state index >= 15 is 0 Å². The second-order valence-corrected chi connectivity index (χ2v) is 5.71. The molecule has 4 nitrogen and oxygen atoms in total. The van der Waals surface area contributed by atoms with Crippen LogP contribution in [0.2, 0.25) is 10.0 Å². The Morgan fingerprint density at radius 2 is 1.50 bits per heavy atom. The molecule has 0 aliphatic rings. The fraction of sp³-hybridized carbons (Fsp3) is 0.176. The van der Waals surface area contributed by atoms with Gasteiger partial charge in [0.15, 0.2) is 11.6 Å². The minimum absolute atomic E-state index is 0.00347. The lowest BCUT2D eigenvalue weighted by atomic mass is 10.2. The van der Waals surface area contributed by atoms with Crippen molar-refractivity contribution in [3.63, 3.8) is 0 Å². The number of benzene rings is 2. The van der Waals surface area contributed by atoms with Gasteiger partial charge in [-0.25, -0.2) is 4.39 Å². The van der Waals surface area contributed by atoms with Crippen molar-refractivity contribution < 1.29 is 23.5 Å². The maximum atomic E-state index is 13.3. The second-order valence-electron chi connectivity index (χ2n) is 4.84. The zero-order valence-corrected chi connectivity index (χ0v) is 13.9. The standard InChI is InChI=1S/C17H13Cl2FO4/c18-11-8-12(19)10-13(9-11)23-16(21)6-3-7-17(22)24-15-5-2-1-4-14(15)20/h1-2,4-5,8-10H,3,6-7H2. The number of halogens is 3. The number of carbonyl (C=O) groups excluding carboxylic acids is 2. The Morgan fingerprint density at radius 1 is 0.917 bits per heavy atom. The summed E-state index contributed by atoms with van der Waals surface area (Å²) < 4.78 is 23.3. The third-order valence-corrected chi connectivity index (χ3v) is 3.33. The highest BCUT2D eigenvalue weighted by Crippen LogP contribution is 2.24. The summed E-state index contributed by atoms with van der Waals surface area (Å²) in [6.45, 7) is 0. The highest BCUT2D eigenvalue weighted by molar-refractivity contribution is 6.34. The molecule has 24 heavy (non-hydrogen) atoms. The Balaban J connectivity index is 1.76. The Bertz CT molecular complexity index is 729. The summed E-state index contributed by atoms with van der Waals surface area (Å²) >= 11 is 11.6. The van der Waals surface area contributed by atoms with Gasteiger partial charge < -0.3 is 9.47 Å². The van der Waals surface area contributed by atoms with E-state index in [0.717, 1.165) is 0 Å². The summed E-state index contributed by atoms with van der Waals surface area (Å²) in [5.74, 6) is -1.70. The molecular formula is C17H13Cl2FO4. The van der Waals surface area contributed by atoms with Gasteiger partial charge in [-0.3, -0.25) is 9.59 Å². The topological polar surface area (TPSA) is 52.6 Å². The summed E-state index contributed by atoms with van der Waals surface area (Å²) in [4.78, 5) is 23.3. The van der Waals surface area contributed by atoms with E-state index in [-0.39, 0.29) is 30.8 Å². The molecule has 0 heterocycles. The fourth-order valence-corrected chi connectivity index (χ4v) is 2.35. The zero-order chi connectivity index (χ0) is 17.5. The van der Waals surface area contributed by atoms with Crippen LogP contribution in [0.1, 0.15) is 19.3 Å². The number of para-hydroxylation sites is 1. The first-order chi connectivity index (χ1) is 11.4. The monoisotopic (exact) mass is 370 g/mol. The molecule has 0 bridgehead atoms. The summed E-state index contributed by atoms with van der Waals surface area (Å²) in [5, 5.41) is 0.692. The van der Waals surface area contributed by atoms with Gasteiger partial charge in [-0.15, -0.1) is 0 Å². The average Bonchev–Trinajstić information content (AvgIpc) is 2.48. The molecule has 0 radical (unpaired) electrons. The van der Waals surface area contributed by atoms with Crippen LogP contribution in [0.4, 0.5) is 4.39 Å². The van der Waals surface area contributed by atoms with Gasteiger partial charge in [-0.05, 0) is 36.8 Å². The molecule has 0 saturated carbocycles. The van der Waals surface area contributed by atoms with Crippen molar-refractivity contribution in [2.45, 2.75) is 19.3 Å². The summed E-state index contributed by atoms with van der Waals surface area (Å²) in [5.41, 5.74) is 0. The minimum Gasteiger partial charge on any atom is -0.426 e. The third kappa shape index (κ3) is 5.83. The van der Waals surface area contributed by atoms with E-state index in [2.05, 4.69) is 0 Å². The van der Waals surface area contributed by atoms with Crippen molar-refractivity contribution in [3.05, 3.63) is 58.3 Å². The summed E-state index contributed by atoms with van der Waals surface area (Å²) in [6.07, 6.45) is 0.163. The summed E-state index contributed by atoms with van der Waals surface area (Å²) in [7, 11) is 0. The van der Waals surface area contributed by atoms with Crippen LogP contribution < -0.4 is 9.47 Å². The lowest BCUT2D eigenvalue weighted by Crippen LogP contribution is -2.12. The zero-order valence-electron chi connectivity index (χ0n) is 12.4. The van der Waals surface area contributed by atoms with Crippen LogP contribution >= 0.6 is 23.2 Å². The van der Waals surface area contributed by atoms with E-state index in [1.54, 1.807) is 6.07 Å². The van der Waals surface area contributed by atoms with Crippen LogP contribution in [0.15, 0.2) is 42.5 Å². The van der Waals surface area contributed by atoms with Gasteiger partial charge in [0.1, 0.15) is 5.75 Å². The van der Waals surface area contributed by atoms with Gasteiger partial charge in [0.05, 0.1) is 0 Å². The molecule has 0 atom stereocenters. The van der Waals surface area contributed by atoms with E-state index in [0.29, 0.717) is 10.0 Å². The first kappa shape index (κ1) is 18.2. The minimum atomic E-state index is -0.626. The van der Waals surface area contributed by atoms with Gasteiger partial charge in [-0.2, -0.15) is 0 Å². The van der Waals surface area contributed by atoms with E-state index in [4.69, 9.17) is 32.7 Å². The van der Waals surface area contributed by atoms with Crippen molar-refractivity contribution in [1.82, 2.24) is 0 Å². The van der Waals surface area contributed by atoms with Gasteiger partial charge in [0.25, 0.3) is 0 Å². The molecular weight excluding hydrogens is 358 g/mol. The maximum Gasteiger partial charge on any atom is 0.311 e. The predicted octanol–water partition coefficient (Wildman–Crippen LogP) is 4.81. The van der Waals surface area contributed by atoms with Gasteiger partial charge in [0, 0.05) is 22.9 Å². The molecule has 2 aromatic carbocycles. The van der Waals surface area contributed by atoms with Crippen molar-refractivity contribution in [3.8, 4) is 11.5 Å². The van der Waals surface area contributed by atoms with Crippen molar-refractivity contribution in [1.29, 1.82) is 0 Å². The van der Waals surface area contributed by atoms with Crippen LogP contribution in [-0.2, 0) is 9.59 Å². The Morgan fingerprint density at radius 3 is 2.12 bits per heavy atom. The largest absolute Gasteiger partial charge is 0.426 e. The predicted molar refractivity (Wildman–Crippen MR) is 88.0 cm³/mol. The van der Waals surface area contributed by atoms with Crippen molar-refractivity contribution >= 4 is 35.1 Å². The molecule has 0 spiro atoms. The van der Waals surface area contributed by atoms with Crippen LogP contribution in [0.3, 0.4) is 0 Å². The number of rotatable bonds is 6. The van der Waals surface area contributed by atoms with Gasteiger partial charge in [-0.1, -0.05) is 35.3 Å². The first-order valence-electron chi connectivity index (χ1n) is 7.06. The van der Waals surface area contributed by atoms with Crippen LogP contribution in [0.25, 0.3) is 0 Å². The Hall–Kier alpha value is -2.11. The highest BCUT2D eigenvalue weighted by Gasteiger charge is 2.11. The molecule has 0 unspecified atom stereocenters. The van der Waals surface area contributed by atoms with Crippen molar-refractivity contribution in [2.75, 3.05) is 0 Å². The number of esters is 2. The van der Waals surface area contributed by atoms with E-state index in [1.807, 2.05) is 0 Å². The van der Waals surface area contributed by atoms with Gasteiger partial charge >= 0.3 is 11.9 Å². The van der Waals surface area contributed by atoms with Crippen molar-refractivity contribution in [2.24, 2.45) is 0 Å². The van der Waals surface area contributed by atoms with Crippen LogP contribution in [0.5, 0.6) is 11.5 Å². The average molecular weight is 371 g/mol. The summed E-state index contributed by atoms with van der Waals surface area (Å²) in [6, 6.07) is 10.0. The normalized spacial score (nSPS) is 10.3. The number of hydrogen-bond acceptors (Lipinski definition) is 4. The van der Waals surface area contributed by atoms with E-state index in [1.165, 1.54) is 36.4 Å². The molecule has 0 fully saturated rings. The van der Waals surface area contributed by atoms with Crippen LogP contribution in [0, 0.1) is 5.82 Å². The Labute approximate surface area is 148 Å². The number of hydrogen-bond donors (Lipinski definition) is 0. The quantitative estimate of drug-likeness (QED) is 0.540. The second kappa shape index (κ2) is 8.66. The lowest BCUT2D eigenvalue weighted by Gasteiger charge is -2.06. The molecule has 7 heteroatoms. The highest BCUT2D eigenvalue weighted by atomic mass is 35.5. The molecule has 2 aromatic rings. The molecule has 0 aliphatic heterocycles. The van der Waals surface area contributed by atoms with Gasteiger partial charge in [0.2, 0.25) is 0 Å². The fourth-order valence-electron chi connectivity index (χ4n) is 1.85. The van der Waals surface area contributed by atoms with E-state index in [9.17, 15) is 14.0 Å². The molecule has 0 saturated heterocycles. The van der Waals surface area contributed by atoms with Crippen LogP contribution in [-0.4, -0.2) is 11.9 Å². The molecule has 126 valence electrons. The molecule has 0 aliphatic carbocycles. The molecule has 0 aromatic heterocycles. The first-order valence-corrected chi connectivity index (χ1v) is 7.81. The maximum absolute atomic E-state index is 13.3. The van der Waals surface area contributed by atoms with E-state index < -0.39 is 17.8 Å². The number of carbonyl (C=O) groups is 2. The molecule has 0 N–H and O–H groups in total.